The fourth-order valence-electron chi connectivity index (χ4n) is 1.39. The lowest BCUT2D eigenvalue weighted by atomic mass is 10.2. The van der Waals surface area contributed by atoms with Crippen molar-refractivity contribution < 1.29 is 4.79 Å². The summed E-state index contributed by atoms with van der Waals surface area (Å²) in [7, 11) is 0. The van der Waals surface area contributed by atoms with E-state index in [0.29, 0.717) is 16.3 Å². The standard InChI is InChI=1S/C12H6Cl4N2O/c13-7-4-8(14)11(9(15)5-7)18-12(19)6-1-2-17-10(16)3-6/h1-5H,(H,18,19). The third kappa shape index (κ3) is 3.51. The van der Waals surface area contributed by atoms with Crippen molar-refractivity contribution in [3.8, 4) is 0 Å². The minimum Gasteiger partial charge on any atom is -0.319 e. The molecule has 0 saturated carbocycles. The predicted octanol–water partition coefficient (Wildman–Crippen LogP) is 4.95. The molecule has 0 unspecified atom stereocenters. The second-order valence-corrected chi connectivity index (χ2v) is 5.20. The van der Waals surface area contributed by atoms with Crippen LogP contribution >= 0.6 is 46.4 Å². The number of carbonyl (C=O) groups excluding carboxylic acids is 1. The van der Waals surface area contributed by atoms with Crippen LogP contribution in [0.15, 0.2) is 30.5 Å². The van der Waals surface area contributed by atoms with Gasteiger partial charge in [-0.1, -0.05) is 46.4 Å². The highest BCUT2D eigenvalue weighted by Crippen LogP contribution is 2.33. The molecule has 1 amide bonds. The lowest BCUT2D eigenvalue weighted by Crippen LogP contribution is -2.12. The van der Waals surface area contributed by atoms with E-state index in [4.69, 9.17) is 46.4 Å². The first-order valence-electron chi connectivity index (χ1n) is 5.05. The van der Waals surface area contributed by atoms with Crippen LogP contribution in [0, 0.1) is 0 Å². The van der Waals surface area contributed by atoms with E-state index in [9.17, 15) is 4.79 Å². The minimum atomic E-state index is -0.393. The smallest absolute Gasteiger partial charge is 0.255 e. The summed E-state index contributed by atoms with van der Waals surface area (Å²) < 4.78 is 0. The highest BCUT2D eigenvalue weighted by molar-refractivity contribution is 6.42. The Morgan fingerprint density at radius 3 is 2.26 bits per heavy atom. The second kappa shape index (κ2) is 5.97. The molecule has 0 aliphatic carbocycles. The van der Waals surface area contributed by atoms with Gasteiger partial charge in [0, 0.05) is 16.8 Å². The number of hydrogen-bond acceptors (Lipinski definition) is 2. The van der Waals surface area contributed by atoms with Crippen LogP contribution in [-0.4, -0.2) is 10.9 Å². The van der Waals surface area contributed by atoms with Crippen LogP contribution in [0.2, 0.25) is 20.2 Å². The first kappa shape index (κ1) is 14.4. The van der Waals surface area contributed by atoms with Gasteiger partial charge >= 0.3 is 0 Å². The number of carbonyl (C=O) groups is 1. The molecule has 98 valence electrons. The Labute approximate surface area is 129 Å². The molecule has 1 N–H and O–H groups in total. The zero-order chi connectivity index (χ0) is 14.0. The van der Waals surface area contributed by atoms with Gasteiger partial charge in [-0.2, -0.15) is 0 Å². The van der Waals surface area contributed by atoms with Gasteiger partial charge in [0.05, 0.1) is 15.7 Å². The number of nitrogens with one attached hydrogen (secondary N) is 1. The van der Waals surface area contributed by atoms with Crippen LogP contribution in [0.3, 0.4) is 0 Å². The van der Waals surface area contributed by atoms with Crippen molar-refractivity contribution in [2.24, 2.45) is 0 Å². The number of rotatable bonds is 2. The number of amides is 1. The molecule has 0 spiro atoms. The van der Waals surface area contributed by atoms with Gasteiger partial charge in [-0.25, -0.2) is 4.98 Å². The third-order valence-electron chi connectivity index (χ3n) is 2.23. The maximum Gasteiger partial charge on any atom is 0.255 e. The van der Waals surface area contributed by atoms with Crippen LogP contribution < -0.4 is 5.32 Å². The number of benzene rings is 1. The lowest BCUT2D eigenvalue weighted by Gasteiger charge is -2.09. The molecular weight excluding hydrogens is 330 g/mol. The molecule has 2 aromatic rings. The fraction of sp³-hybridized carbons (Fsp3) is 0. The molecule has 3 nitrogen and oxygen atoms in total. The Bertz CT molecular complexity index is 622. The number of pyridine rings is 1. The summed E-state index contributed by atoms with van der Waals surface area (Å²) in [6.45, 7) is 0. The largest absolute Gasteiger partial charge is 0.319 e. The molecule has 1 aromatic heterocycles. The summed E-state index contributed by atoms with van der Waals surface area (Å²) in [5.74, 6) is -0.393. The van der Waals surface area contributed by atoms with Gasteiger partial charge in [0.25, 0.3) is 5.91 Å². The monoisotopic (exact) mass is 334 g/mol. The molecule has 0 bridgehead atoms. The van der Waals surface area contributed by atoms with E-state index in [2.05, 4.69) is 10.3 Å². The van der Waals surface area contributed by atoms with Crippen LogP contribution in [0.25, 0.3) is 0 Å². The van der Waals surface area contributed by atoms with Crippen molar-refractivity contribution in [2.45, 2.75) is 0 Å². The van der Waals surface area contributed by atoms with Crippen LogP contribution in [0.1, 0.15) is 10.4 Å². The van der Waals surface area contributed by atoms with E-state index in [0.717, 1.165) is 0 Å². The van der Waals surface area contributed by atoms with Gasteiger partial charge in [0.2, 0.25) is 0 Å². The van der Waals surface area contributed by atoms with E-state index in [1.165, 1.54) is 30.5 Å². The van der Waals surface area contributed by atoms with E-state index < -0.39 is 5.91 Å². The molecule has 0 radical (unpaired) electrons. The molecule has 19 heavy (non-hydrogen) atoms. The zero-order valence-corrected chi connectivity index (χ0v) is 12.3. The van der Waals surface area contributed by atoms with Gasteiger partial charge in [0.1, 0.15) is 5.15 Å². The maximum absolute atomic E-state index is 12.0. The average molecular weight is 336 g/mol. The van der Waals surface area contributed by atoms with Crippen molar-refractivity contribution in [3.05, 3.63) is 56.2 Å². The molecule has 2 rings (SSSR count). The fourth-order valence-corrected chi connectivity index (χ4v) is 2.48. The number of hydrogen-bond donors (Lipinski definition) is 1. The van der Waals surface area contributed by atoms with Gasteiger partial charge in [-0.3, -0.25) is 4.79 Å². The van der Waals surface area contributed by atoms with Crippen LogP contribution in [-0.2, 0) is 0 Å². The quantitative estimate of drug-likeness (QED) is 0.789. The molecular formula is C12H6Cl4N2O. The summed E-state index contributed by atoms with van der Waals surface area (Å²) in [6.07, 6.45) is 1.43. The Balaban J connectivity index is 2.29. The predicted molar refractivity (Wildman–Crippen MR) is 78.7 cm³/mol. The van der Waals surface area contributed by atoms with E-state index in [1.807, 2.05) is 0 Å². The van der Waals surface area contributed by atoms with Crippen molar-refractivity contribution >= 4 is 58.0 Å². The summed E-state index contributed by atoms with van der Waals surface area (Å²) >= 11 is 23.5. The van der Waals surface area contributed by atoms with Crippen molar-refractivity contribution in [1.29, 1.82) is 0 Å². The Hall–Kier alpha value is -1.00. The van der Waals surface area contributed by atoms with E-state index >= 15 is 0 Å². The summed E-state index contributed by atoms with van der Waals surface area (Å²) in [4.78, 5) is 15.8. The maximum atomic E-state index is 12.0. The summed E-state index contributed by atoms with van der Waals surface area (Å²) in [5.41, 5.74) is 0.646. The number of nitrogens with zero attached hydrogens (tertiary/aromatic N) is 1. The Kier molecular flexibility index (Phi) is 4.53. The number of anilines is 1. The summed E-state index contributed by atoms with van der Waals surface area (Å²) in [5, 5.41) is 3.72. The second-order valence-electron chi connectivity index (χ2n) is 3.57. The minimum absolute atomic E-state index is 0.223. The van der Waals surface area contributed by atoms with Gasteiger partial charge in [0.15, 0.2) is 0 Å². The normalized spacial score (nSPS) is 10.3. The highest BCUT2D eigenvalue weighted by Gasteiger charge is 2.13. The topological polar surface area (TPSA) is 42.0 Å². The van der Waals surface area contributed by atoms with Crippen molar-refractivity contribution in [3.63, 3.8) is 0 Å². The molecule has 7 heteroatoms. The van der Waals surface area contributed by atoms with Crippen molar-refractivity contribution in [2.75, 3.05) is 5.32 Å². The van der Waals surface area contributed by atoms with Crippen LogP contribution in [0.4, 0.5) is 5.69 Å². The Morgan fingerprint density at radius 1 is 1.05 bits per heavy atom. The van der Waals surface area contributed by atoms with Crippen LogP contribution in [0.5, 0.6) is 0 Å². The first-order valence-corrected chi connectivity index (χ1v) is 6.56. The molecule has 1 aromatic carbocycles. The Morgan fingerprint density at radius 2 is 1.68 bits per heavy atom. The summed E-state index contributed by atoms with van der Waals surface area (Å²) in [6, 6.07) is 5.95. The van der Waals surface area contributed by atoms with Gasteiger partial charge < -0.3 is 5.32 Å². The SMILES string of the molecule is O=C(Nc1c(Cl)cc(Cl)cc1Cl)c1ccnc(Cl)c1. The van der Waals surface area contributed by atoms with E-state index in [1.54, 1.807) is 0 Å². The molecule has 1 heterocycles. The molecule has 0 saturated heterocycles. The lowest BCUT2D eigenvalue weighted by molar-refractivity contribution is 0.102. The van der Waals surface area contributed by atoms with Gasteiger partial charge in [-0.05, 0) is 24.3 Å². The number of halogens is 4. The first-order chi connectivity index (χ1) is 8.97. The average Bonchev–Trinajstić information content (AvgIpc) is 2.33. The molecule has 0 atom stereocenters. The third-order valence-corrected chi connectivity index (χ3v) is 3.26. The zero-order valence-electron chi connectivity index (χ0n) is 9.25. The number of aromatic nitrogens is 1. The van der Waals surface area contributed by atoms with Gasteiger partial charge in [-0.15, -0.1) is 0 Å². The molecule has 0 aliphatic rings. The van der Waals surface area contributed by atoms with E-state index in [-0.39, 0.29) is 15.2 Å². The molecule has 0 fully saturated rings. The highest BCUT2D eigenvalue weighted by atomic mass is 35.5. The van der Waals surface area contributed by atoms with Crippen molar-refractivity contribution in [1.82, 2.24) is 4.98 Å². The molecule has 0 aliphatic heterocycles.